The number of H-pyrrole nitrogens is 2. The fourth-order valence-corrected chi connectivity index (χ4v) is 1.75. The van der Waals surface area contributed by atoms with Crippen molar-refractivity contribution < 1.29 is 5.11 Å². The zero-order valence-electron chi connectivity index (χ0n) is 8.86. The van der Waals surface area contributed by atoms with Crippen molar-refractivity contribution in [3.8, 4) is 0 Å². The van der Waals surface area contributed by atoms with Crippen LogP contribution in [0.1, 0.15) is 16.8 Å². The molecule has 0 saturated heterocycles. The van der Waals surface area contributed by atoms with Gasteiger partial charge in [0, 0.05) is 30.7 Å². The van der Waals surface area contributed by atoms with Gasteiger partial charge in [-0.2, -0.15) is 0 Å². The Bertz CT molecular complexity index is 499. The van der Waals surface area contributed by atoms with Gasteiger partial charge < -0.3 is 10.2 Å². The van der Waals surface area contributed by atoms with Crippen molar-refractivity contribution in [3.63, 3.8) is 0 Å². The second-order valence-electron chi connectivity index (χ2n) is 3.67. The van der Waals surface area contributed by atoms with E-state index in [0.29, 0.717) is 18.4 Å². The lowest BCUT2D eigenvalue weighted by atomic mass is 10.1. The van der Waals surface area contributed by atoms with Gasteiger partial charge >= 0.3 is 0 Å². The van der Waals surface area contributed by atoms with Crippen LogP contribution < -0.4 is 5.56 Å². The van der Waals surface area contributed by atoms with Crippen LogP contribution in [0.3, 0.4) is 0 Å². The molecule has 0 radical (unpaired) electrons. The first-order valence-corrected chi connectivity index (χ1v) is 5.24. The molecule has 84 valence electrons. The third-order valence-electron chi connectivity index (χ3n) is 2.55. The van der Waals surface area contributed by atoms with Crippen LogP contribution in [0.15, 0.2) is 35.1 Å². The van der Waals surface area contributed by atoms with Crippen molar-refractivity contribution in [1.29, 1.82) is 0 Å². The minimum atomic E-state index is -0.139. The van der Waals surface area contributed by atoms with Crippen molar-refractivity contribution in [2.24, 2.45) is 0 Å². The molecule has 2 rings (SSSR count). The highest BCUT2D eigenvalue weighted by atomic mass is 16.3. The molecule has 1 heterocycles. The first kappa shape index (κ1) is 10.7. The normalized spacial score (nSPS) is 10.6. The SMILES string of the molecule is O=c1[nH][nH]c(Cc2ccccc2)c1CCO. The first-order valence-electron chi connectivity index (χ1n) is 5.24. The maximum Gasteiger partial charge on any atom is 0.267 e. The molecule has 0 amide bonds. The quantitative estimate of drug-likeness (QED) is 0.711. The molecular formula is C12H14N2O2. The average molecular weight is 218 g/mol. The minimum Gasteiger partial charge on any atom is -0.396 e. The van der Waals surface area contributed by atoms with Crippen molar-refractivity contribution in [2.75, 3.05) is 6.61 Å². The highest BCUT2D eigenvalue weighted by molar-refractivity contribution is 5.26. The molecule has 0 saturated carbocycles. The summed E-state index contributed by atoms with van der Waals surface area (Å²) in [7, 11) is 0. The lowest BCUT2D eigenvalue weighted by Gasteiger charge is -2.01. The highest BCUT2D eigenvalue weighted by Crippen LogP contribution is 2.09. The monoisotopic (exact) mass is 218 g/mol. The zero-order chi connectivity index (χ0) is 11.4. The maximum absolute atomic E-state index is 11.4. The van der Waals surface area contributed by atoms with Gasteiger partial charge in [-0.25, -0.2) is 0 Å². The van der Waals surface area contributed by atoms with E-state index >= 15 is 0 Å². The van der Waals surface area contributed by atoms with E-state index in [2.05, 4.69) is 10.2 Å². The number of hydrogen-bond donors (Lipinski definition) is 3. The van der Waals surface area contributed by atoms with E-state index in [9.17, 15) is 4.79 Å². The van der Waals surface area contributed by atoms with Crippen molar-refractivity contribution in [2.45, 2.75) is 12.8 Å². The van der Waals surface area contributed by atoms with E-state index in [4.69, 9.17) is 5.11 Å². The van der Waals surface area contributed by atoms with E-state index in [1.807, 2.05) is 30.3 Å². The molecule has 1 aromatic carbocycles. The van der Waals surface area contributed by atoms with Gasteiger partial charge in [0.15, 0.2) is 0 Å². The van der Waals surface area contributed by atoms with Gasteiger partial charge in [-0.05, 0) is 5.56 Å². The molecule has 2 aromatic rings. The summed E-state index contributed by atoms with van der Waals surface area (Å²) in [6, 6.07) is 9.90. The molecule has 0 aliphatic rings. The van der Waals surface area contributed by atoms with Crippen molar-refractivity contribution in [1.82, 2.24) is 10.2 Å². The van der Waals surface area contributed by atoms with Crippen LogP contribution in [-0.4, -0.2) is 21.9 Å². The summed E-state index contributed by atoms with van der Waals surface area (Å²) in [5.41, 5.74) is 2.49. The van der Waals surface area contributed by atoms with Crippen LogP contribution >= 0.6 is 0 Å². The molecule has 3 N–H and O–H groups in total. The third kappa shape index (κ3) is 2.23. The lowest BCUT2D eigenvalue weighted by Crippen LogP contribution is -2.09. The molecule has 0 unspecified atom stereocenters. The van der Waals surface area contributed by atoms with E-state index in [1.54, 1.807) is 0 Å². The van der Waals surface area contributed by atoms with Gasteiger partial charge in [0.05, 0.1) is 0 Å². The van der Waals surface area contributed by atoms with Gasteiger partial charge in [-0.15, -0.1) is 0 Å². The topological polar surface area (TPSA) is 68.9 Å². The summed E-state index contributed by atoms with van der Waals surface area (Å²) in [5, 5.41) is 14.3. The fraction of sp³-hybridized carbons (Fsp3) is 0.250. The Balaban J connectivity index is 2.25. The smallest absolute Gasteiger partial charge is 0.267 e. The van der Waals surface area contributed by atoms with Crippen molar-refractivity contribution in [3.05, 3.63) is 57.5 Å². The van der Waals surface area contributed by atoms with Gasteiger partial charge in [0.25, 0.3) is 5.56 Å². The molecule has 0 bridgehead atoms. The van der Waals surface area contributed by atoms with Crippen LogP contribution in [0.4, 0.5) is 0 Å². The second-order valence-corrected chi connectivity index (χ2v) is 3.67. The summed E-state index contributed by atoms with van der Waals surface area (Å²) in [5.74, 6) is 0. The Morgan fingerprint density at radius 2 is 1.88 bits per heavy atom. The van der Waals surface area contributed by atoms with Gasteiger partial charge in [-0.1, -0.05) is 30.3 Å². The third-order valence-corrected chi connectivity index (χ3v) is 2.55. The Kier molecular flexibility index (Phi) is 3.22. The molecule has 16 heavy (non-hydrogen) atoms. The molecule has 1 aromatic heterocycles. The molecular weight excluding hydrogens is 204 g/mol. The van der Waals surface area contributed by atoms with E-state index < -0.39 is 0 Å². The zero-order valence-corrected chi connectivity index (χ0v) is 8.86. The summed E-state index contributed by atoms with van der Waals surface area (Å²) < 4.78 is 0. The number of nitrogens with one attached hydrogen (secondary N) is 2. The average Bonchev–Trinajstić information content (AvgIpc) is 2.64. The molecule has 0 spiro atoms. The fourth-order valence-electron chi connectivity index (χ4n) is 1.75. The number of aromatic amines is 2. The largest absolute Gasteiger partial charge is 0.396 e. The number of hydrogen-bond acceptors (Lipinski definition) is 2. The van der Waals surface area contributed by atoms with Crippen LogP contribution in [0, 0.1) is 0 Å². The van der Waals surface area contributed by atoms with Crippen molar-refractivity contribution >= 4 is 0 Å². The van der Waals surface area contributed by atoms with Gasteiger partial charge in [-0.3, -0.25) is 9.89 Å². The van der Waals surface area contributed by atoms with E-state index in [0.717, 1.165) is 11.3 Å². The standard InChI is InChI=1S/C12H14N2O2/c15-7-6-10-11(13-14-12(10)16)8-9-4-2-1-3-5-9/h1-5,15H,6-8H2,(H2,13,14,16). The van der Waals surface area contributed by atoms with Crippen LogP contribution in [0.25, 0.3) is 0 Å². The molecule has 0 fully saturated rings. The number of rotatable bonds is 4. The van der Waals surface area contributed by atoms with E-state index in [-0.39, 0.29) is 12.2 Å². The molecule has 0 atom stereocenters. The minimum absolute atomic E-state index is 0.0112. The van der Waals surface area contributed by atoms with Gasteiger partial charge in [0.1, 0.15) is 0 Å². The van der Waals surface area contributed by atoms with Crippen LogP contribution in [-0.2, 0) is 12.8 Å². The van der Waals surface area contributed by atoms with E-state index in [1.165, 1.54) is 0 Å². The highest BCUT2D eigenvalue weighted by Gasteiger charge is 2.09. The maximum atomic E-state index is 11.4. The predicted molar refractivity (Wildman–Crippen MR) is 61.5 cm³/mol. The summed E-state index contributed by atoms with van der Waals surface area (Å²) in [4.78, 5) is 11.4. The Morgan fingerprint density at radius 1 is 1.12 bits per heavy atom. The summed E-state index contributed by atoms with van der Waals surface area (Å²) >= 11 is 0. The Morgan fingerprint density at radius 3 is 2.56 bits per heavy atom. The Hall–Kier alpha value is -1.81. The first-order chi connectivity index (χ1) is 7.81. The molecule has 0 aliphatic heterocycles. The summed E-state index contributed by atoms with van der Waals surface area (Å²) in [6.45, 7) is -0.0112. The number of benzene rings is 1. The second kappa shape index (κ2) is 4.81. The predicted octanol–water partition coefficient (Wildman–Crippen LogP) is 0.829. The number of aliphatic hydroxyl groups is 1. The van der Waals surface area contributed by atoms with Gasteiger partial charge in [0.2, 0.25) is 0 Å². The van der Waals surface area contributed by atoms with Crippen LogP contribution in [0.2, 0.25) is 0 Å². The van der Waals surface area contributed by atoms with Crippen LogP contribution in [0.5, 0.6) is 0 Å². The lowest BCUT2D eigenvalue weighted by molar-refractivity contribution is 0.299. The molecule has 0 aliphatic carbocycles. The number of aromatic nitrogens is 2. The number of aliphatic hydroxyl groups excluding tert-OH is 1. The molecule has 4 heteroatoms. The summed E-state index contributed by atoms with van der Waals surface area (Å²) in [6.07, 6.45) is 1.07. The Labute approximate surface area is 92.9 Å². The molecule has 4 nitrogen and oxygen atoms in total.